The van der Waals surface area contributed by atoms with Gasteiger partial charge in [-0.25, -0.2) is 4.98 Å². The molecule has 1 aromatic carbocycles. The Morgan fingerprint density at radius 2 is 2.19 bits per heavy atom. The summed E-state index contributed by atoms with van der Waals surface area (Å²) in [5.41, 5.74) is 1.24. The maximum atomic E-state index is 11.2. The smallest absolute Gasteiger partial charge is 0.311 e. The van der Waals surface area contributed by atoms with Gasteiger partial charge in [-0.15, -0.1) is 0 Å². The molecule has 7 heteroatoms. The zero-order valence-electron chi connectivity index (χ0n) is 11.3. The first kappa shape index (κ1) is 14.4. The van der Waals surface area contributed by atoms with Crippen LogP contribution >= 0.6 is 0 Å². The van der Waals surface area contributed by atoms with E-state index in [9.17, 15) is 14.9 Å². The second-order valence-electron chi connectivity index (χ2n) is 4.21. The number of carbonyl (C=O) groups excluding carboxylic acids is 1. The standard InChI is InChI=1S/C14H13N3O4/c1-21-13(18)9-10-4-2-5-11(8-10)16-14-12(17(19)20)6-3-7-15-14/h2-8H,9H2,1H3,(H,15,16). The van der Waals surface area contributed by atoms with Crippen LogP contribution in [0.25, 0.3) is 0 Å². The fourth-order valence-corrected chi connectivity index (χ4v) is 1.78. The van der Waals surface area contributed by atoms with E-state index in [1.807, 2.05) is 0 Å². The largest absolute Gasteiger partial charge is 0.469 e. The molecule has 0 atom stereocenters. The second kappa shape index (κ2) is 6.47. The molecule has 0 aliphatic heterocycles. The summed E-state index contributed by atoms with van der Waals surface area (Å²) in [6, 6.07) is 9.84. The van der Waals surface area contributed by atoms with Gasteiger partial charge in [-0.2, -0.15) is 0 Å². The van der Waals surface area contributed by atoms with E-state index >= 15 is 0 Å². The normalized spacial score (nSPS) is 9.95. The van der Waals surface area contributed by atoms with Gasteiger partial charge in [0.1, 0.15) is 0 Å². The highest BCUT2D eigenvalue weighted by Gasteiger charge is 2.14. The third-order valence-corrected chi connectivity index (χ3v) is 2.75. The van der Waals surface area contributed by atoms with Crippen molar-refractivity contribution in [1.29, 1.82) is 0 Å². The maximum Gasteiger partial charge on any atom is 0.311 e. The Balaban J connectivity index is 2.22. The molecule has 108 valence electrons. The first-order valence-electron chi connectivity index (χ1n) is 6.12. The zero-order valence-corrected chi connectivity index (χ0v) is 11.3. The highest BCUT2D eigenvalue weighted by atomic mass is 16.6. The van der Waals surface area contributed by atoms with E-state index < -0.39 is 4.92 Å². The first-order chi connectivity index (χ1) is 10.1. The lowest BCUT2D eigenvalue weighted by Crippen LogP contribution is -2.05. The lowest BCUT2D eigenvalue weighted by molar-refractivity contribution is -0.384. The molecule has 0 unspecified atom stereocenters. The van der Waals surface area contributed by atoms with Crippen molar-refractivity contribution in [3.8, 4) is 0 Å². The molecular formula is C14H13N3O4. The fourth-order valence-electron chi connectivity index (χ4n) is 1.78. The van der Waals surface area contributed by atoms with Crippen molar-refractivity contribution in [1.82, 2.24) is 4.98 Å². The van der Waals surface area contributed by atoms with Crippen LogP contribution in [0.4, 0.5) is 17.2 Å². The van der Waals surface area contributed by atoms with Crippen LogP contribution in [0.1, 0.15) is 5.56 Å². The second-order valence-corrected chi connectivity index (χ2v) is 4.21. The Labute approximate surface area is 120 Å². The number of nitro groups is 1. The third kappa shape index (κ3) is 3.75. The molecule has 0 aliphatic rings. The van der Waals surface area contributed by atoms with Gasteiger partial charge in [0.15, 0.2) is 0 Å². The molecule has 0 bridgehead atoms. The van der Waals surface area contributed by atoms with Crippen molar-refractivity contribution in [2.75, 3.05) is 12.4 Å². The van der Waals surface area contributed by atoms with E-state index in [2.05, 4.69) is 15.0 Å². The van der Waals surface area contributed by atoms with Crippen LogP contribution in [0, 0.1) is 10.1 Å². The van der Waals surface area contributed by atoms with Gasteiger partial charge in [-0.05, 0) is 23.8 Å². The van der Waals surface area contributed by atoms with Gasteiger partial charge in [0.05, 0.1) is 18.5 Å². The van der Waals surface area contributed by atoms with Crippen LogP contribution in [-0.2, 0) is 16.0 Å². The third-order valence-electron chi connectivity index (χ3n) is 2.75. The van der Waals surface area contributed by atoms with Gasteiger partial charge in [0.25, 0.3) is 0 Å². The summed E-state index contributed by atoms with van der Waals surface area (Å²) in [7, 11) is 1.32. The summed E-state index contributed by atoms with van der Waals surface area (Å²) < 4.78 is 4.60. The molecule has 21 heavy (non-hydrogen) atoms. The van der Waals surface area contributed by atoms with Gasteiger partial charge in [0.2, 0.25) is 5.82 Å². The van der Waals surface area contributed by atoms with Crippen molar-refractivity contribution >= 4 is 23.2 Å². The quantitative estimate of drug-likeness (QED) is 0.515. The molecule has 0 radical (unpaired) electrons. The van der Waals surface area contributed by atoms with Crippen molar-refractivity contribution < 1.29 is 14.5 Å². The van der Waals surface area contributed by atoms with Crippen LogP contribution in [0.3, 0.4) is 0 Å². The van der Waals surface area contributed by atoms with E-state index in [1.54, 1.807) is 24.3 Å². The van der Waals surface area contributed by atoms with Crippen LogP contribution in [0.5, 0.6) is 0 Å². The van der Waals surface area contributed by atoms with Gasteiger partial charge in [-0.3, -0.25) is 14.9 Å². The molecule has 0 saturated carbocycles. The number of rotatable bonds is 5. The molecule has 0 fully saturated rings. The molecular weight excluding hydrogens is 274 g/mol. The number of hydrogen-bond acceptors (Lipinski definition) is 6. The van der Waals surface area contributed by atoms with E-state index in [1.165, 1.54) is 25.4 Å². The highest BCUT2D eigenvalue weighted by Crippen LogP contribution is 2.24. The van der Waals surface area contributed by atoms with Crippen LogP contribution in [0.15, 0.2) is 42.6 Å². The number of benzene rings is 1. The topological polar surface area (TPSA) is 94.4 Å². The Morgan fingerprint density at radius 3 is 2.90 bits per heavy atom. The number of anilines is 2. The van der Waals surface area contributed by atoms with Crippen molar-refractivity contribution in [3.63, 3.8) is 0 Å². The van der Waals surface area contributed by atoms with Gasteiger partial charge < -0.3 is 10.1 Å². The fraction of sp³-hybridized carbons (Fsp3) is 0.143. The number of carbonyl (C=O) groups is 1. The zero-order chi connectivity index (χ0) is 15.2. The van der Waals surface area contributed by atoms with Crippen molar-refractivity contribution in [3.05, 3.63) is 58.3 Å². The predicted molar refractivity (Wildman–Crippen MR) is 76.3 cm³/mol. The number of pyridine rings is 1. The summed E-state index contributed by atoms with van der Waals surface area (Å²) in [6.45, 7) is 0. The summed E-state index contributed by atoms with van der Waals surface area (Å²) in [6.07, 6.45) is 1.60. The minimum absolute atomic E-state index is 0.115. The predicted octanol–water partition coefficient (Wildman–Crippen LogP) is 2.45. The van der Waals surface area contributed by atoms with Gasteiger partial charge in [0, 0.05) is 18.0 Å². The Hall–Kier alpha value is -2.96. The van der Waals surface area contributed by atoms with E-state index in [-0.39, 0.29) is 23.9 Å². The number of methoxy groups -OCH3 is 1. The summed E-state index contributed by atoms with van der Waals surface area (Å²) in [5.74, 6) is -0.200. The molecule has 0 saturated heterocycles. The lowest BCUT2D eigenvalue weighted by atomic mass is 10.1. The molecule has 2 aromatic rings. The van der Waals surface area contributed by atoms with Crippen LogP contribution < -0.4 is 5.32 Å². The Morgan fingerprint density at radius 1 is 1.38 bits per heavy atom. The van der Waals surface area contributed by atoms with Crippen molar-refractivity contribution in [2.45, 2.75) is 6.42 Å². The van der Waals surface area contributed by atoms with E-state index in [0.29, 0.717) is 5.69 Å². The average Bonchev–Trinajstić information content (AvgIpc) is 2.48. The van der Waals surface area contributed by atoms with Crippen LogP contribution in [-0.4, -0.2) is 23.0 Å². The molecule has 0 aliphatic carbocycles. The number of hydrogen-bond donors (Lipinski definition) is 1. The number of nitrogens with zero attached hydrogens (tertiary/aromatic N) is 2. The van der Waals surface area contributed by atoms with Gasteiger partial charge in [-0.1, -0.05) is 12.1 Å². The highest BCUT2D eigenvalue weighted by molar-refractivity contribution is 5.73. The van der Waals surface area contributed by atoms with E-state index in [0.717, 1.165) is 5.56 Å². The number of aromatic nitrogens is 1. The summed E-state index contributed by atoms with van der Waals surface area (Å²) >= 11 is 0. The lowest BCUT2D eigenvalue weighted by Gasteiger charge is -2.07. The molecule has 0 amide bonds. The minimum atomic E-state index is -0.506. The van der Waals surface area contributed by atoms with Gasteiger partial charge >= 0.3 is 11.7 Å². The van der Waals surface area contributed by atoms with E-state index in [4.69, 9.17) is 0 Å². The average molecular weight is 287 g/mol. The molecule has 2 rings (SSSR count). The molecule has 7 nitrogen and oxygen atoms in total. The Kier molecular flexibility index (Phi) is 4.45. The minimum Gasteiger partial charge on any atom is -0.469 e. The summed E-state index contributed by atoms with van der Waals surface area (Å²) in [5, 5.41) is 13.8. The molecule has 0 spiro atoms. The maximum absolute atomic E-state index is 11.2. The number of ether oxygens (including phenoxy) is 1. The molecule has 1 heterocycles. The monoisotopic (exact) mass is 287 g/mol. The SMILES string of the molecule is COC(=O)Cc1cccc(Nc2ncccc2[N+](=O)[O-])c1. The molecule has 1 N–H and O–H groups in total. The number of esters is 1. The molecule has 1 aromatic heterocycles. The number of nitrogens with one attached hydrogen (secondary N) is 1. The van der Waals surface area contributed by atoms with Crippen LogP contribution in [0.2, 0.25) is 0 Å². The van der Waals surface area contributed by atoms with Crippen molar-refractivity contribution in [2.24, 2.45) is 0 Å². The first-order valence-corrected chi connectivity index (χ1v) is 6.12. The Bertz CT molecular complexity index is 673. The summed E-state index contributed by atoms with van der Waals surface area (Å²) in [4.78, 5) is 25.6.